The summed E-state index contributed by atoms with van der Waals surface area (Å²) in [5, 5.41) is 17.9. The summed E-state index contributed by atoms with van der Waals surface area (Å²) in [6, 6.07) is 22.7. The molecular formula is C49H54F2N8O9. The molecule has 358 valence electrons. The van der Waals surface area contributed by atoms with E-state index in [1.165, 1.54) is 35.5 Å². The third-order valence-electron chi connectivity index (χ3n) is 11.4. The molecule has 0 radical (unpaired) electrons. The lowest BCUT2D eigenvalue weighted by atomic mass is 9.93. The van der Waals surface area contributed by atoms with Crippen molar-refractivity contribution in [3.8, 4) is 0 Å². The largest absolute Gasteiger partial charge is 0.477 e. The van der Waals surface area contributed by atoms with E-state index in [2.05, 4.69) is 16.0 Å². The van der Waals surface area contributed by atoms with E-state index in [9.17, 15) is 38.3 Å². The number of carbonyl (C=O) groups is 5. The molecule has 2 atom stereocenters. The van der Waals surface area contributed by atoms with Crippen LogP contribution in [0.1, 0.15) is 53.2 Å². The molecule has 0 unspecified atom stereocenters. The summed E-state index contributed by atoms with van der Waals surface area (Å²) in [5.74, 6) is -3.99. The monoisotopic (exact) mass is 936 g/mol. The number of rotatable bonds is 20. The van der Waals surface area contributed by atoms with E-state index >= 15 is 4.39 Å². The lowest BCUT2D eigenvalue weighted by Crippen LogP contribution is -2.49. The van der Waals surface area contributed by atoms with Crippen molar-refractivity contribution >= 4 is 52.2 Å². The standard InChI is InChI=1S/C49H54F2N8O9/c1-2-57-28-38(47(63)64)45(61)37-25-39(51)43(26-42(37)57)58-19-21-59(22-20-58)49(66)68-30-33-12-16-36(17-13-33)56-46(62)41(9-6-18-54-48(53)65)55-27-40(52)34(23-31-10-14-35(50)15-11-31)24-44(60)67-29-32-7-4-3-5-8-32/h3-5,7-8,10-17,25-28,34,41,55H,2,6,9,18-24,29-30,52H2,1H3,(H,56,62)(H,63,64)(H3,53,54,65)/b40-27-/t34-,41+/m1/s1. The van der Waals surface area contributed by atoms with Crippen molar-refractivity contribution in [2.24, 2.45) is 17.4 Å². The van der Waals surface area contributed by atoms with Crippen LogP contribution < -0.4 is 37.7 Å². The number of aromatic carboxylic acids is 1. The highest BCUT2D eigenvalue weighted by Crippen LogP contribution is 2.27. The van der Waals surface area contributed by atoms with Gasteiger partial charge in [0.2, 0.25) is 11.3 Å². The van der Waals surface area contributed by atoms with Crippen LogP contribution in [0.4, 0.5) is 29.7 Å². The number of ether oxygens (including phenoxy) is 2. The van der Waals surface area contributed by atoms with Crippen LogP contribution in [0.2, 0.25) is 0 Å². The zero-order valence-electron chi connectivity index (χ0n) is 37.4. The topological polar surface area (TPSA) is 241 Å². The number of aryl methyl sites for hydroxylation is 1. The number of carbonyl (C=O) groups excluding carboxylic acids is 4. The molecule has 4 amide bonds. The first kappa shape index (κ1) is 49.5. The number of piperazine rings is 1. The molecule has 0 saturated carbocycles. The Labute approximate surface area is 390 Å². The number of carboxylic acid groups (broad SMARTS) is 1. The van der Waals surface area contributed by atoms with E-state index in [4.69, 9.17) is 20.9 Å². The van der Waals surface area contributed by atoms with E-state index in [1.54, 1.807) is 52.8 Å². The van der Waals surface area contributed by atoms with Crippen LogP contribution in [0.3, 0.4) is 0 Å². The number of amides is 4. The highest BCUT2D eigenvalue weighted by molar-refractivity contribution is 5.95. The number of anilines is 2. The van der Waals surface area contributed by atoms with Crippen molar-refractivity contribution in [3.63, 3.8) is 0 Å². The van der Waals surface area contributed by atoms with Crippen LogP contribution >= 0.6 is 0 Å². The van der Waals surface area contributed by atoms with Crippen LogP contribution in [-0.2, 0) is 45.2 Å². The van der Waals surface area contributed by atoms with Gasteiger partial charge >= 0.3 is 24.1 Å². The Balaban J connectivity index is 1.04. The van der Waals surface area contributed by atoms with E-state index in [0.29, 0.717) is 29.7 Å². The summed E-state index contributed by atoms with van der Waals surface area (Å²) in [5.41, 5.74) is 14.1. The van der Waals surface area contributed by atoms with Gasteiger partial charge in [-0.2, -0.15) is 0 Å². The Hall–Kier alpha value is -7.96. The van der Waals surface area contributed by atoms with Crippen molar-refractivity contribution in [1.29, 1.82) is 0 Å². The molecule has 0 bridgehead atoms. The maximum absolute atomic E-state index is 15.4. The second-order valence-corrected chi connectivity index (χ2v) is 16.2. The average Bonchev–Trinajstić information content (AvgIpc) is 3.33. The van der Waals surface area contributed by atoms with Crippen molar-refractivity contribution < 1.29 is 47.3 Å². The minimum absolute atomic E-state index is 0.0322. The number of esters is 1. The van der Waals surface area contributed by atoms with Crippen molar-refractivity contribution in [3.05, 3.63) is 153 Å². The molecular weight excluding hydrogens is 883 g/mol. The van der Waals surface area contributed by atoms with Crippen LogP contribution in [0.25, 0.3) is 10.9 Å². The van der Waals surface area contributed by atoms with Crippen molar-refractivity contribution in [1.82, 2.24) is 20.1 Å². The minimum Gasteiger partial charge on any atom is -0.477 e. The molecule has 8 N–H and O–H groups in total. The summed E-state index contributed by atoms with van der Waals surface area (Å²) in [7, 11) is 0. The van der Waals surface area contributed by atoms with E-state index in [-0.39, 0.29) is 82.0 Å². The number of nitrogens with two attached hydrogens (primary N) is 2. The fourth-order valence-electron chi connectivity index (χ4n) is 7.67. The van der Waals surface area contributed by atoms with Gasteiger partial charge in [0, 0.05) is 74.4 Å². The molecule has 68 heavy (non-hydrogen) atoms. The predicted octanol–water partition coefficient (Wildman–Crippen LogP) is 5.59. The maximum Gasteiger partial charge on any atom is 0.410 e. The molecule has 2 heterocycles. The van der Waals surface area contributed by atoms with Gasteiger partial charge in [-0.05, 0) is 79.3 Å². The second-order valence-electron chi connectivity index (χ2n) is 16.2. The summed E-state index contributed by atoms with van der Waals surface area (Å²) in [6.45, 7) is 3.35. The number of aromatic nitrogens is 1. The normalized spacial score (nSPS) is 13.6. The summed E-state index contributed by atoms with van der Waals surface area (Å²) in [6.07, 6.45) is 2.94. The van der Waals surface area contributed by atoms with E-state index in [0.717, 1.165) is 17.2 Å². The Morgan fingerprint density at radius 1 is 0.853 bits per heavy atom. The third kappa shape index (κ3) is 13.6. The molecule has 19 heteroatoms. The van der Waals surface area contributed by atoms with Gasteiger partial charge in [0.15, 0.2) is 0 Å². The van der Waals surface area contributed by atoms with Gasteiger partial charge in [-0.1, -0.05) is 54.6 Å². The van der Waals surface area contributed by atoms with Crippen LogP contribution in [0.15, 0.2) is 114 Å². The number of carboxylic acids is 1. The second kappa shape index (κ2) is 23.5. The number of hydrogen-bond donors (Lipinski definition) is 6. The van der Waals surface area contributed by atoms with Gasteiger partial charge < -0.3 is 56.4 Å². The van der Waals surface area contributed by atoms with Gasteiger partial charge in [-0.15, -0.1) is 0 Å². The lowest BCUT2D eigenvalue weighted by Gasteiger charge is -2.35. The minimum atomic E-state index is -1.39. The Morgan fingerprint density at radius 3 is 2.18 bits per heavy atom. The summed E-state index contributed by atoms with van der Waals surface area (Å²) < 4.78 is 41.8. The number of allylic oxidation sites excluding steroid dienone is 1. The lowest BCUT2D eigenvalue weighted by molar-refractivity contribution is -0.145. The number of primary amides is 1. The number of nitrogens with zero attached hydrogens (tertiary/aromatic N) is 3. The first-order valence-corrected chi connectivity index (χ1v) is 22.0. The highest BCUT2D eigenvalue weighted by atomic mass is 19.1. The maximum atomic E-state index is 15.4. The van der Waals surface area contributed by atoms with Crippen molar-refractivity contribution in [2.45, 2.75) is 58.4 Å². The first-order chi connectivity index (χ1) is 32.7. The molecule has 1 saturated heterocycles. The number of hydrogen-bond acceptors (Lipinski definition) is 11. The molecule has 1 aliphatic rings. The van der Waals surface area contributed by atoms with Gasteiger partial charge in [-0.25, -0.2) is 23.2 Å². The average molecular weight is 937 g/mol. The highest BCUT2D eigenvalue weighted by Gasteiger charge is 2.26. The first-order valence-electron chi connectivity index (χ1n) is 22.0. The smallest absolute Gasteiger partial charge is 0.410 e. The van der Waals surface area contributed by atoms with Crippen LogP contribution in [-0.4, -0.2) is 83.3 Å². The molecule has 4 aromatic carbocycles. The Morgan fingerprint density at radius 2 is 1.51 bits per heavy atom. The van der Waals surface area contributed by atoms with Gasteiger partial charge in [-0.3, -0.25) is 14.4 Å². The fraction of sp³-hybridized carbons (Fsp3) is 0.306. The predicted molar refractivity (Wildman–Crippen MR) is 250 cm³/mol. The molecule has 1 aromatic heterocycles. The van der Waals surface area contributed by atoms with Gasteiger partial charge in [0.25, 0.3) is 0 Å². The molecule has 0 aliphatic carbocycles. The number of pyridine rings is 1. The molecule has 0 spiro atoms. The summed E-state index contributed by atoms with van der Waals surface area (Å²) >= 11 is 0. The quantitative estimate of drug-likeness (QED) is 0.0413. The number of fused-ring (bicyclic) bond motifs is 1. The zero-order valence-corrected chi connectivity index (χ0v) is 37.4. The number of halogens is 2. The summed E-state index contributed by atoms with van der Waals surface area (Å²) in [4.78, 5) is 78.7. The van der Waals surface area contributed by atoms with Crippen molar-refractivity contribution in [2.75, 3.05) is 42.9 Å². The molecule has 6 rings (SSSR count). The van der Waals surface area contributed by atoms with Crippen LogP contribution in [0.5, 0.6) is 0 Å². The number of urea groups is 1. The molecule has 1 fully saturated rings. The van der Waals surface area contributed by atoms with Crippen LogP contribution in [0, 0.1) is 17.6 Å². The molecule has 1 aliphatic heterocycles. The zero-order chi connectivity index (χ0) is 48.7. The Bertz CT molecular complexity index is 2670. The number of benzene rings is 4. The SMILES string of the molecule is CCn1cc(C(=O)O)c(=O)c2cc(F)c(N3CCN(C(=O)OCc4ccc(NC(=O)[C@H](CCCNC(N)=O)N/C=C(\N)[C@@H](CC(=O)OCc5ccccc5)Cc5ccc(F)cc5)cc4)CC3)cc21. The Kier molecular flexibility index (Phi) is 17.1. The molecule has 17 nitrogen and oxygen atoms in total. The van der Waals surface area contributed by atoms with Gasteiger partial charge in [0.05, 0.1) is 17.6 Å². The fourth-order valence-corrected chi connectivity index (χ4v) is 7.67. The van der Waals surface area contributed by atoms with E-state index in [1.807, 2.05) is 30.3 Å². The number of nitrogens with one attached hydrogen (secondary N) is 3. The molecule has 5 aromatic rings. The van der Waals surface area contributed by atoms with Gasteiger partial charge in [0.1, 0.15) is 36.5 Å². The van der Waals surface area contributed by atoms with E-state index < -0.39 is 64.6 Å². The third-order valence-corrected chi connectivity index (χ3v) is 11.4.